The molecule has 0 aliphatic heterocycles. The molecule has 1 fully saturated rings. The van der Waals surface area contributed by atoms with Gasteiger partial charge in [-0.05, 0) is 24.5 Å². The molecule has 1 amide bonds. The van der Waals surface area contributed by atoms with E-state index in [0.29, 0.717) is 16.7 Å². The van der Waals surface area contributed by atoms with Crippen LogP contribution in [0.3, 0.4) is 0 Å². The van der Waals surface area contributed by atoms with E-state index in [1.807, 2.05) is 24.3 Å². The van der Waals surface area contributed by atoms with Crippen LogP contribution in [0.25, 0.3) is 0 Å². The van der Waals surface area contributed by atoms with Crippen molar-refractivity contribution in [3.63, 3.8) is 0 Å². The van der Waals surface area contributed by atoms with Crippen molar-refractivity contribution in [1.29, 1.82) is 0 Å². The second-order valence-electron chi connectivity index (χ2n) is 5.58. The molecule has 0 saturated heterocycles. The van der Waals surface area contributed by atoms with Crippen LogP contribution in [-0.2, 0) is 5.75 Å². The van der Waals surface area contributed by atoms with Gasteiger partial charge in [-0.15, -0.1) is 10.2 Å². The molecule has 0 spiro atoms. The Morgan fingerprint density at radius 3 is 2.92 bits per heavy atom. The molecule has 1 aromatic carbocycles. The monoisotopic (exact) mass is 357 g/mol. The van der Waals surface area contributed by atoms with Crippen LogP contribution in [0.4, 0.5) is 5.13 Å². The lowest BCUT2D eigenvalue weighted by Gasteiger charge is -1.97. The van der Waals surface area contributed by atoms with Crippen molar-refractivity contribution in [3.05, 3.63) is 53.3 Å². The lowest BCUT2D eigenvalue weighted by Crippen LogP contribution is -2.12. The van der Waals surface area contributed by atoms with Gasteiger partial charge in [0, 0.05) is 17.4 Å². The van der Waals surface area contributed by atoms with Crippen molar-refractivity contribution in [2.45, 2.75) is 28.9 Å². The summed E-state index contributed by atoms with van der Waals surface area (Å²) in [4.78, 5) is 12.2. The lowest BCUT2D eigenvalue weighted by molar-refractivity contribution is 0.102. The number of rotatable bonds is 6. The van der Waals surface area contributed by atoms with E-state index >= 15 is 0 Å². The van der Waals surface area contributed by atoms with Gasteiger partial charge in [0.05, 0.1) is 0 Å². The zero-order valence-electron chi connectivity index (χ0n) is 12.7. The van der Waals surface area contributed by atoms with Crippen LogP contribution in [0, 0.1) is 0 Å². The maximum Gasteiger partial charge on any atom is 0.277 e. The fourth-order valence-electron chi connectivity index (χ4n) is 2.26. The number of nitrogens with one attached hydrogen (secondary N) is 2. The summed E-state index contributed by atoms with van der Waals surface area (Å²) >= 11 is 2.98. The SMILES string of the molecule is O=C(Nc1nnc(SCc2ccccc2)s1)c1cc(C2CC2)[nH]n1. The molecule has 0 atom stereocenters. The molecule has 6 nitrogen and oxygen atoms in total. The molecule has 2 heterocycles. The number of carbonyl (C=O) groups is 1. The third kappa shape index (κ3) is 3.65. The number of hydrogen-bond acceptors (Lipinski definition) is 6. The van der Waals surface area contributed by atoms with Crippen LogP contribution in [0.1, 0.15) is 40.5 Å². The molecule has 1 aliphatic carbocycles. The maximum absolute atomic E-state index is 12.2. The number of benzene rings is 1. The minimum absolute atomic E-state index is 0.256. The van der Waals surface area contributed by atoms with E-state index in [9.17, 15) is 4.79 Å². The second-order valence-corrected chi connectivity index (χ2v) is 7.78. The third-order valence-electron chi connectivity index (χ3n) is 3.68. The number of aromatic amines is 1. The highest BCUT2D eigenvalue weighted by atomic mass is 32.2. The molecule has 4 rings (SSSR count). The van der Waals surface area contributed by atoms with Crippen molar-refractivity contribution in [2.75, 3.05) is 5.32 Å². The quantitative estimate of drug-likeness (QED) is 0.519. The lowest BCUT2D eigenvalue weighted by atomic mass is 10.2. The summed E-state index contributed by atoms with van der Waals surface area (Å²) in [6, 6.07) is 12.0. The highest BCUT2D eigenvalue weighted by Crippen LogP contribution is 2.39. The Bertz CT molecular complexity index is 841. The van der Waals surface area contributed by atoms with E-state index in [1.165, 1.54) is 29.7 Å². The van der Waals surface area contributed by atoms with Crippen molar-refractivity contribution in [2.24, 2.45) is 0 Å². The van der Waals surface area contributed by atoms with Crippen LogP contribution >= 0.6 is 23.1 Å². The third-order valence-corrected chi connectivity index (χ3v) is 5.72. The number of H-pyrrole nitrogens is 1. The van der Waals surface area contributed by atoms with E-state index in [4.69, 9.17) is 0 Å². The normalized spacial score (nSPS) is 13.8. The first-order chi connectivity index (χ1) is 11.8. The number of anilines is 1. The van der Waals surface area contributed by atoms with E-state index in [2.05, 4.69) is 37.8 Å². The highest BCUT2D eigenvalue weighted by molar-refractivity contribution is 8.00. The highest BCUT2D eigenvalue weighted by Gasteiger charge is 2.26. The van der Waals surface area contributed by atoms with E-state index in [0.717, 1.165) is 15.8 Å². The fourth-order valence-corrected chi connectivity index (χ4v) is 3.96. The van der Waals surface area contributed by atoms with Gasteiger partial charge in [-0.3, -0.25) is 15.2 Å². The van der Waals surface area contributed by atoms with Gasteiger partial charge in [0.1, 0.15) is 0 Å². The summed E-state index contributed by atoms with van der Waals surface area (Å²) in [6.45, 7) is 0. The van der Waals surface area contributed by atoms with Crippen LogP contribution in [0.5, 0.6) is 0 Å². The van der Waals surface area contributed by atoms with Gasteiger partial charge < -0.3 is 0 Å². The van der Waals surface area contributed by atoms with E-state index in [1.54, 1.807) is 11.8 Å². The zero-order chi connectivity index (χ0) is 16.4. The molecule has 8 heteroatoms. The predicted octanol–water partition coefficient (Wildman–Crippen LogP) is 3.68. The van der Waals surface area contributed by atoms with Gasteiger partial charge in [0.25, 0.3) is 5.91 Å². The number of nitrogens with zero attached hydrogens (tertiary/aromatic N) is 3. The first-order valence-electron chi connectivity index (χ1n) is 7.65. The average molecular weight is 357 g/mol. The smallest absolute Gasteiger partial charge is 0.277 e. The second kappa shape index (κ2) is 6.74. The molecule has 0 radical (unpaired) electrons. The Balaban J connectivity index is 1.34. The number of aromatic nitrogens is 4. The van der Waals surface area contributed by atoms with Crippen LogP contribution in [0.2, 0.25) is 0 Å². The first-order valence-corrected chi connectivity index (χ1v) is 9.45. The molecule has 2 aromatic heterocycles. The summed E-state index contributed by atoms with van der Waals surface area (Å²) in [5, 5.41) is 18.4. The number of amides is 1. The number of hydrogen-bond donors (Lipinski definition) is 2. The summed E-state index contributed by atoms with van der Waals surface area (Å²) in [5.41, 5.74) is 2.66. The molecule has 24 heavy (non-hydrogen) atoms. The van der Waals surface area contributed by atoms with Gasteiger partial charge in [-0.2, -0.15) is 5.10 Å². The summed E-state index contributed by atoms with van der Waals surface area (Å²) in [5.74, 6) is 1.11. The minimum atomic E-state index is -0.256. The minimum Gasteiger partial charge on any atom is -0.295 e. The van der Waals surface area contributed by atoms with Gasteiger partial charge in [0.2, 0.25) is 5.13 Å². The standard InChI is InChI=1S/C16H15N5OS2/c22-14(13-8-12(18-19-13)11-6-7-11)17-15-20-21-16(24-15)23-9-10-4-2-1-3-5-10/h1-5,8,11H,6-7,9H2,(H,18,19)(H,17,20,22). The molecule has 1 aliphatic rings. The molecule has 3 aromatic rings. The molecule has 1 saturated carbocycles. The van der Waals surface area contributed by atoms with Gasteiger partial charge in [-0.25, -0.2) is 0 Å². The van der Waals surface area contributed by atoms with Crippen molar-refractivity contribution in [3.8, 4) is 0 Å². The number of thioether (sulfide) groups is 1. The fraction of sp³-hybridized carbons (Fsp3) is 0.250. The average Bonchev–Trinajstić information content (AvgIpc) is 3.17. The Morgan fingerprint density at radius 2 is 2.12 bits per heavy atom. The Hall–Kier alpha value is -2.19. The Morgan fingerprint density at radius 1 is 1.29 bits per heavy atom. The Labute approximate surface area is 147 Å². The van der Waals surface area contributed by atoms with Gasteiger partial charge in [-0.1, -0.05) is 53.4 Å². The van der Waals surface area contributed by atoms with Crippen LogP contribution in [0.15, 0.2) is 40.7 Å². The van der Waals surface area contributed by atoms with Gasteiger partial charge in [0.15, 0.2) is 10.0 Å². The zero-order valence-corrected chi connectivity index (χ0v) is 14.4. The Kier molecular flexibility index (Phi) is 4.31. The van der Waals surface area contributed by atoms with Crippen LogP contribution in [-0.4, -0.2) is 26.3 Å². The van der Waals surface area contributed by atoms with Crippen LogP contribution < -0.4 is 5.32 Å². The van der Waals surface area contributed by atoms with Gasteiger partial charge >= 0.3 is 0 Å². The van der Waals surface area contributed by atoms with Crippen molar-refractivity contribution in [1.82, 2.24) is 20.4 Å². The van der Waals surface area contributed by atoms with Crippen molar-refractivity contribution >= 4 is 34.1 Å². The maximum atomic E-state index is 12.2. The first kappa shape index (κ1) is 15.3. The molecule has 0 unspecified atom stereocenters. The molecule has 122 valence electrons. The van der Waals surface area contributed by atoms with Crippen molar-refractivity contribution < 1.29 is 4.79 Å². The molecule has 0 bridgehead atoms. The summed E-state index contributed by atoms with van der Waals surface area (Å²) < 4.78 is 0.829. The summed E-state index contributed by atoms with van der Waals surface area (Å²) in [7, 11) is 0. The molecular weight excluding hydrogens is 342 g/mol. The van der Waals surface area contributed by atoms with E-state index in [-0.39, 0.29) is 5.91 Å². The van der Waals surface area contributed by atoms with E-state index < -0.39 is 0 Å². The number of carbonyl (C=O) groups excluding carboxylic acids is 1. The molecular formula is C16H15N5OS2. The topological polar surface area (TPSA) is 83.6 Å². The summed E-state index contributed by atoms with van der Waals surface area (Å²) in [6.07, 6.45) is 2.34. The predicted molar refractivity (Wildman–Crippen MR) is 94.4 cm³/mol. The molecule has 2 N–H and O–H groups in total. The largest absolute Gasteiger partial charge is 0.295 e.